The number of carbonyl (C=O) groups is 1. The Morgan fingerprint density at radius 3 is 1.23 bits per heavy atom. The van der Waals surface area contributed by atoms with E-state index in [0.717, 1.165) is 38.5 Å². The fourth-order valence-electron chi connectivity index (χ4n) is 6.15. The van der Waals surface area contributed by atoms with Crippen LogP contribution in [0, 0.1) is 0 Å². The molecule has 4 heteroatoms. The van der Waals surface area contributed by atoms with Gasteiger partial charge < -0.3 is 15.5 Å². The quantitative estimate of drug-likeness (QED) is 0.0459. The van der Waals surface area contributed by atoms with Crippen LogP contribution in [0.1, 0.15) is 213 Å². The molecule has 0 rings (SSSR count). The summed E-state index contributed by atoms with van der Waals surface area (Å²) in [5, 5.41) is 22.9. The van der Waals surface area contributed by atoms with Gasteiger partial charge in [-0.2, -0.15) is 0 Å². The molecule has 0 saturated heterocycles. The van der Waals surface area contributed by atoms with E-state index in [1.54, 1.807) is 6.08 Å². The Kier molecular flexibility index (Phi) is 37.9. The van der Waals surface area contributed by atoms with Crippen LogP contribution < -0.4 is 5.32 Å². The van der Waals surface area contributed by atoms with Gasteiger partial charge in [0.1, 0.15) is 0 Å². The second-order valence-corrected chi connectivity index (χ2v) is 14.0. The van der Waals surface area contributed by atoms with Crippen molar-refractivity contribution in [3.05, 3.63) is 36.5 Å². The van der Waals surface area contributed by atoms with E-state index in [1.807, 2.05) is 6.08 Å². The zero-order valence-electron chi connectivity index (χ0n) is 31.5. The Bertz CT molecular complexity index is 716. The molecule has 0 fully saturated rings. The Labute approximate surface area is 293 Å². The Morgan fingerprint density at radius 1 is 0.489 bits per heavy atom. The molecular formula is C43H81NO3. The lowest BCUT2D eigenvalue weighted by Crippen LogP contribution is -2.45. The second kappa shape index (κ2) is 39.1. The summed E-state index contributed by atoms with van der Waals surface area (Å²) in [5.41, 5.74) is 0. The Balaban J connectivity index is 3.61. The third-order valence-corrected chi connectivity index (χ3v) is 9.35. The average molecular weight is 660 g/mol. The predicted molar refractivity (Wildman–Crippen MR) is 207 cm³/mol. The maximum atomic E-state index is 12.4. The highest BCUT2D eigenvalue weighted by molar-refractivity contribution is 5.76. The van der Waals surface area contributed by atoms with E-state index in [2.05, 4.69) is 43.5 Å². The SMILES string of the molecule is CCCCCCC/C=C/CC/C=C/CC/C=C/C(O)C(CO)NC(=O)CCCCCCCCCCCCCCCCCCCCCC. The summed E-state index contributed by atoms with van der Waals surface area (Å²) in [7, 11) is 0. The van der Waals surface area contributed by atoms with Crippen LogP contribution in [-0.2, 0) is 4.79 Å². The number of aliphatic hydroxyl groups excluding tert-OH is 2. The lowest BCUT2D eigenvalue weighted by molar-refractivity contribution is -0.123. The van der Waals surface area contributed by atoms with Crippen molar-refractivity contribution in [3.8, 4) is 0 Å². The van der Waals surface area contributed by atoms with Gasteiger partial charge in [-0.05, 0) is 44.9 Å². The third kappa shape index (κ3) is 35.7. The second-order valence-electron chi connectivity index (χ2n) is 14.0. The molecule has 276 valence electrons. The number of aliphatic hydroxyl groups is 2. The van der Waals surface area contributed by atoms with Gasteiger partial charge in [0.25, 0.3) is 0 Å². The highest BCUT2D eigenvalue weighted by Crippen LogP contribution is 2.15. The zero-order valence-corrected chi connectivity index (χ0v) is 31.5. The first-order chi connectivity index (χ1) is 23.2. The van der Waals surface area contributed by atoms with Crippen LogP contribution in [0.3, 0.4) is 0 Å². The summed E-state index contributed by atoms with van der Waals surface area (Å²) in [6.45, 7) is 4.28. The molecule has 4 nitrogen and oxygen atoms in total. The molecule has 1 amide bonds. The van der Waals surface area contributed by atoms with Crippen molar-refractivity contribution < 1.29 is 15.0 Å². The van der Waals surface area contributed by atoms with E-state index in [9.17, 15) is 15.0 Å². The normalized spacial score (nSPS) is 13.4. The number of allylic oxidation sites excluding steroid dienone is 5. The molecule has 0 radical (unpaired) electrons. The summed E-state index contributed by atoms with van der Waals surface area (Å²) in [5.74, 6) is -0.0765. The van der Waals surface area contributed by atoms with Gasteiger partial charge in [0.2, 0.25) is 5.91 Å². The van der Waals surface area contributed by atoms with E-state index in [1.165, 1.54) is 154 Å². The molecule has 0 spiro atoms. The average Bonchev–Trinajstić information content (AvgIpc) is 3.07. The predicted octanol–water partition coefficient (Wildman–Crippen LogP) is 12.6. The van der Waals surface area contributed by atoms with Crippen LogP contribution in [0.5, 0.6) is 0 Å². The van der Waals surface area contributed by atoms with Crippen molar-refractivity contribution >= 4 is 5.91 Å². The molecule has 0 aromatic rings. The van der Waals surface area contributed by atoms with Gasteiger partial charge in [0, 0.05) is 6.42 Å². The fraction of sp³-hybridized carbons (Fsp3) is 0.837. The van der Waals surface area contributed by atoms with Crippen molar-refractivity contribution in [2.75, 3.05) is 6.61 Å². The minimum atomic E-state index is -0.866. The number of unbranched alkanes of at least 4 members (excludes halogenated alkanes) is 26. The highest BCUT2D eigenvalue weighted by atomic mass is 16.3. The maximum absolute atomic E-state index is 12.4. The van der Waals surface area contributed by atoms with Gasteiger partial charge >= 0.3 is 0 Å². The molecule has 0 aliphatic heterocycles. The summed E-state index contributed by atoms with van der Waals surface area (Å²) in [6.07, 6.45) is 51.0. The van der Waals surface area contributed by atoms with Crippen molar-refractivity contribution in [1.29, 1.82) is 0 Å². The van der Waals surface area contributed by atoms with Crippen molar-refractivity contribution in [1.82, 2.24) is 5.32 Å². The Hall–Kier alpha value is -1.39. The number of nitrogens with one attached hydrogen (secondary N) is 1. The van der Waals surface area contributed by atoms with Crippen LogP contribution in [0.4, 0.5) is 0 Å². The molecule has 0 saturated carbocycles. The maximum Gasteiger partial charge on any atom is 0.220 e. The number of amides is 1. The largest absolute Gasteiger partial charge is 0.394 e. The topological polar surface area (TPSA) is 69.6 Å². The monoisotopic (exact) mass is 660 g/mol. The van der Waals surface area contributed by atoms with Gasteiger partial charge in [0.05, 0.1) is 18.8 Å². The number of carbonyl (C=O) groups excluding carboxylic acids is 1. The fourth-order valence-corrected chi connectivity index (χ4v) is 6.15. The van der Waals surface area contributed by atoms with Crippen LogP contribution in [0.15, 0.2) is 36.5 Å². The summed E-state index contributed by atoms with van der Waals surface area (Å²) >= 11 is 0. The van der Waals surface area contributed by atoms with Crippen molar-refractivity contribution in [2.24, 2.45) is 0 Å². The molecule has 0 aliphatic carbocycles. The van der Waals surface area contributed by atoms with Gasteiger partial charge in [0.15, 0.2) is 0 Å². The molecule has 2 atom stereocenters. The van der Waals surface area contributed by atoms with E-state index < -0.39 is 12.1 Å². The van der Waals surface area contributed by atoms with E-state index in [4.69, 9.17) is 0 Å². The first-order valence-electron chi connectivity index (χ1n) is 20.7. The first kappa shape index (κ1) is 45.6. The summed E-state index contributed by atoms with van der Waals surface area (Å²) in [6, 6.07) is -0.641. The van der Waals surface area contributed by atoms with Crippen LogP contribution in [-0.4, -0.2) is 34.9 Å². The molecular weight excluding hydrogens is 578 g/mol. The number of hydrogen-bond acceptors (Lipinski definition) is 3. The molecule has 0 aromatic carbocycles. The number of rotatable bonds is 37. The highest BCUT2D eigenvalue weighted by Gasteiger charge is 2.17. The summed E-state index contributed by atoms with van der Waals surface area (Å²) in [4.78, 5) is 12.4. The van der Waals surface area contributed by atoms with Crippen LogP contribution in [0.2, 0.25) is 0 Å². The lowest BCUT2D eigenvalue weighted by Gasteiger charge is -2.19. The van der Waals surface area contributed by atoms with Gasteiger partial charge in [-0.25, -0.2) is 0 Å². The Morgan fingerprint density at radius 2 is 0.830 bits per heavy atom. The molecule has 47 heavy (non-hydrogen) atoms. The van der Waals surface area contributed by atoms with Gasteiger partial charge in [-0.3, -0.25) is 4.79 Å². The molecule has 0 aromatic heterocycles. The molecule has 3 N–H and O–H groups in total. The molecule has 0 heterocycles. The minimum absolute atomic E-state index is 0.0765. The molecule has 2 unspecified atom stereocenters. The number of hydrogen-bond donors (Lipinski definition) is 3. The molecule has 0 bridgehead atoms. The zero-order chi connectivity index (χ0) is 34.3. The standard InChI is InChI=1S/C43H81NO3/c1-3-5-7-9-11-13-15-17-19-20-21-22-23-25-27-29-31-33-35-37-39-43(47)44-41(40-45)42(46)38-36-34-32-30-28-26-24-18-16-14-12-10-8-6-4-2/h16,18,28,30,36,38,41-42,45-46H,3-15,17,19-27,29,31-35,37,39-40H2,1-2H3,(H,44,47)/b18-16+,30-28+,38-36+. The van der Waals surface area contributed by atoms with Crippen LogP contribution in [0.25, 0.3) is 0 Å². The van der Waals surface area contributed by atoms with Crippen LogP contribution >= 0.6 is 0 Å². The van der Waals surface area contributed by atoms with E-state index >= 15 is 0 Å². The van der Waals surface area contributed by atoms with E-state index in [0.29, 0.717) is 6.42 Å². The van der Waals surface area contributed by atoms with Gasteiger partial charge in [-0.1, -0.05) is 198 Å². The van der Waals surface area contributed by atoms with Crippen molar-refractivity contribution in [3.63, 3.8) is 0 Å². The lowest BCUT2D eigenvalue weighted by atomic mass is 10.0. The smallest absolute Gasteiger partial charge is 0.220 e. The summed E-state index contributed by atoms with van der Waals surface area (Å²) < 4.78 is 0. The van der Waals surface area contributed by atoms with E-state index in [-0.39, 0.29) is 12.5 Å². The third-order valence-electron chi connectivity index (χ3n) is 9.35. The minimum Gasteiger partial charge on any atom is -0.394 e. The van der Waals surface area contributed by atoms with Gasteiger partial charge in [-0.15, -0.1) is 0 Å². The first-order valence-corrected chi connectivity index (χ1v) is 20.7. The molecule has 0 aliphatic rings. The van der Waals surface area contributed by atoms with Crippen molar-refractivity contribution in [2.45, 2.75) is 225 Å².